The molecule has 0 saturated carbocycles. The summed E-state index contributed by atoms with van der Waals surface area (Å²) in [6.07, 6.45) is 7.03. The van der Waals surface area contributed by atoms with Gasteiger partial charge in [0, 0.05) is 94.3 Å². The number of anilines is 3. The van der Waals surface area contributed by atoms with Crippen molar-refractivity contribution in [2.45, 2.75) is 45.7 Å². The van der Waals surface area contributed by atoms with Crippen LogP contribution in [-0.2, 0) is 0 Å². The number of nitrogens with zero attached hydrogens (tertiary/aromatic N) is 7. The van der Waals surface area contributed by atoms with Crippen LogP contribution in [-0.4, -0.2) is 109 Å². The Morgan fingerprint density at radius 2 is 1.93 bits per heavy atom. The van der Waals surface area contributed by atoms with E-state index in [-0.39, 0.29) is 11.9 Å². The fourth-order valence-electron chi connectivity index (χ4n) is 5.28. The number of hydrogen-bond donors (Lipinski definition) is 2. The normalized spacial score (nSPS) is 18.4. The predicted molar refractivity (Wildman–Crippen MR) is 164 cm³/mol. The zero-order valence-electron chi connectivity index (χ0n) is 24.8. The highest BCUT2D eigenvalue weighted by molar-refractivity contribution is 6.09. The molecule has 1 aromatic heterocycles. The lowest BCUT2D eigenvalue weighted by molar-refractivity contribution is 0.125. The second kappa shape index (κ2) is 14.0. The Balaban J connectivity index is 1.32. The number of benzene rings is 1. The molecule has 2 aliphatic rings. The fraction of sp³-hybridized carbons (Fsp3) is 0.567. The molecule has 40 heavy (non-hydrogen) atoms. The van der Waals surface area contributed by atoms with Gasteiger partial charge in [0.05, 0.1) is 11.4 Å². The minimum atomic E-state index is -0.245. The van der Waals surface area contributed by atoms with Crippen molar-refractivity contribution in [2.24, 2.45) is 10.7 Å². The molecule has 2 aliphatic heterocycles. The number of aryl methyl sites for hydroxylation is 1. The summed E-state index contributed by atoms with van der Waals surface area (Å²) in [5, 5.41) is 3.15. The fourth-order valence-corrected chi connectivity index (χ4v) is 5.28. The van der Waals surface area contributed by atoms with Crippen LogP contribution in [0.3, 0.4) is 0 Å². The van der Waals surface area contributed by atoms with Gasteiger partial charge in [-0.25, -0.2) is 14.4 Å². The molecule has 0 amide bonds. The Labute approximate surface area is 239 Å². The molecular weight excluding hydrogens is 505 g/mol. The third-order valence-electron chi connectivity index (χ3n) is 7.93. The van der Waals surface area contributed by atoms with E-state index >= 15 is 4.39 Å². The van der Waals surface area contributed by atoms with Gasteiger partial charge in [-0.15, -0.1) is 0 Å². The molecule has 3 N–H and O–H groups in total. The van der Waals surface area contributed by atoms with Crippen LogP contribution in [0, 0.1) is 12.7 Å². The number of allylic oxidation sites excluding steroid dienone is 1. The van der Waals surface area contributed by atoms with Crippen LogP contribution < -0.4 is 16.0 Å². The SMILES string of the molecule is Cc1cnc(Nc2ccc(N3CCC(N(C)CCN4CCN(C)CC4)CC3)c(F)c2)nc1C(C=NC(C)C)=CN. The number of piperidine rings is 1. The number of nitrogens with one attached hydrogen (secondary N) is 1. The average Bonchev–Trinajstić information content (AvgIpc) is 2.94. The van der Waals surface area contributed by atoms with E-state index in [0.29, 0.717) is 34.6 Å². The van der Waals surface area contributed by atoms with Crippen molar-refractivity contribution in [1.82, 2.24) is 24.7 Å². The molecule has 0 bridgehead atoms. The zero-order chi connectivity index (χ0) is 28.6. The number of aromatic nitrogens is 2. The molecule has 0 spiro atoms. The number of halogens is 1. The molecule has 3 heterocycles. The van der Waals surface area contributed by atoms with Crippen LogP contribution in [0.25, 0.3) is 5.57 Å². The Hall–Kier alpha value is -3.08. The highest BCUT2D eigenvalue weighted by Gasteiger charge is 2.25. The van der Waals surface area contributed by atoms with Crippen LogP contribution in [0.4, 0.5) is 21.7 Å². The standard InChI is InChI=1S/C30H46FN9/c1-22(2)33-21-24(19-32)29-23(3)20-34-30(36-29)35-25-6-7-28(27(31)18-25)40-10-8-26(9-11-40)38(5)14-17-39-15-12-37(4)13-16-39/h6-7,18-22,26H,8-17,32H2,1-5H3,(H,34,35,36). The van der Waals surface area contributed by atoms with E-state index in [0.717, 1.165) is 70.8 Å². The van der Waals surface area contributed by atoms with E-state index in [1.54, 1.807) is 12.4 Å². The maximum Gasteiger partial charge on any atom is 0.227 e. The maximum absolute atomic E-state index is 15.3. The first-order chi connectivity index (χ1) is 19.2. The molecule has 10 heteroatoms. The first kappa shape index (κ1) is 29.9. The Morgan fingerprint density at radius 3 is 2.58 bits per heavy atom. The molecule has 0 aliphatic carbocycles. The molecule has 2 saturated heterocycles. The van der Waals surface area contributed by atoms with Gasteiger partial charge < -0.3 is 25.8 Å². The monoisotopic (exact) mass is 551 g/mol. The van der Waals surface area contributed by atoms with Crippen molar-refractivity contribution in [2.75, 3.05) is 76.7 Å². The van der Waals surface area contributed by atoms with Crippen molar-refractivity contribution in [1.29, 1.82) is 0 Å². The van der Waals surface area contributed by atoms with Gasteiger partial charge in [0.15, 0.2) is 0 Å². The minimum Gasteiger partial charge on any atom is -0.404 e. The Morgan fingerprint density at radius 1 is 1.20 bits per heavy atom. The summed E-state index contributed by atoms with van der Waals surface area (Å²) < 4.78 is 15.3. The summed E-state index contributed by atoms with van der Waals surface area (Å²) in [5.41, 5.74) is 9.39. The number of nitrogens with two attached hydrogens (primary N) is 1. The van der Waals surface area contributed by atoms with Crippen molar-refractivity contribution in [3.05, 3.63) is 47.7 Å². The second-order valence-corrected chi connectivity index (χ2v) is 11.4. The molecular formula is C30H46FN9. The molecule has 0 unspecified atom stereocenters. The van der Waals surface area contributed by atoms with Crippen LogP contribution in [0.5, 0.6) is 0 Å². The van der Waals surface area contributed by atoms with E-state index in [9.17, 15) is 0 Å². The summed E-state index contributed by atoms with van der Waals surface area (Å²) in [6, 6.07) is 5.95. The quantitative estimate of drug-likeness (QED) is 0.433. The molecule has 1 aromatic carbocycles. The molecule has 4 rings (SSSR count). The van der Waals surface area contributed by atoms with Crippen LogP contribution >= 0.6 is 0 Å². The molecule has 0 radical (unpaired) electrons. The van der Waals surface area contributed by atoms with E-state index in [1.165, 1.54) is 12.3 Å². The largest absolute Gasteiger partial charge is 0.404 e. The van der Waals surface area contributed by atoms with Gasteiger partial charge in [0.25, 0.3) is 0 Å². The first-order valence-corrected chi connectivity index (χ1v) is 14.4. The second-order valence-electron chi connectivity index (χ2n) is 11.4. The highest BCUT2D eigenvalue weighted by Crippen LogP contribution is 2.28. The third kappa shape index (κ3) is 7.99. The van der Waals surface area contributed by atoms with Gasteiger partial charge in [0.2, 0.25) is 5.95 Å². The molecule has 2 aromatic rings. The van der Waals surface area contributed by atoms with Crippen LogP contribution in [0.15, 0.2) is 35.6 Å². The van der Waals surface area contributed by atoms with E-state index in [1.807, 2.05) is 32.9 Å². The molecule has 2 fully saturated rings. The van der Waals surface area contributed by atoms with E-state index in [2.05, 4.69) is 54.0 Å². The molecule has 218 valence electrons. The number of likely N-dealkylation sites (N-methyl/N-ethyl adjacent to an activating group) is 2. The predicted octanol–water partition coefficient (Wildman–Crippen LogP) is 3.59. The van der Waals surface area contributed by atoms with Crippen LogP contribution in [0.1, 0.15) is 37.9 Å². The lowest BCUT2D eigenvalue weighted by atomic mass is 10.0. The number of aliphatic imine (C=N–C) groups is 1. The smallest absolute Gasteiger partial charge is 0.227 e. The number of piperazine rings is 1. The number of rotatable bonds is 10. The Bertz CT molecular complexity index is 1170. The Kier molecular flexibility index (Phi) is 10.5. The lowest BCUT2D eigenvalue weighted by Crippen LogP contribution is -2.49. The van der Waals surface area contributed by atoms with E-state index in [4.69, 9.17) is 5.73 Å². The topological polar surface area (TPSA) is 89.2 Å². The summed E-state index contributed by atoms with van der Waals surface area (Å²) >= 11 is 0. The van der Waals surface area contributed by atoms with Crippen LogP contribution in [0.2, 0.25) is 0 Å². The summed E-state index contributed by atoms with van der Waals surface area (Å²) in [6.45, 7) is 14.4. The average molecular weight is 552 g/mol. The van der Waals surface area contributed by atoms with Crippen molar-refractivity contribution in [3.63, 3.8) is 0 Å². The van der Waals surface area contributed by atoms with Gasteiger partial charge >= 0.3 is 0 Å². The summed E-state index contributed by atoms with van der Waals surface area (Å²) in [5.74, 6) is 0.135. The van der Waals surface area contributed by atoms with E-state index < -0.39 is 0 Å². The van der Waals surface area contributed by atoms with Gasteiger partial charge in [-0.1, -0.05) is 0 Å². The molecule has 0 atom stereocenters. The summed E-state index contributed by atoms with van der Waals surface area (Å²) in [7, 11) is 4.43. The zero-order valence-corrected chi connectivity index (χ0v) is 24.8. The lowest BCUT2D eigenvalue weighted by Gasteiger charge is -2.39. The summed E-state index contributed by atoms with van der Waals surface area (Å²) in [4.78, 5) is 23.0. The number of hydrogen-bond acceptors (Lipinski definition) is 9. The maximum atomic E-state index is 15.3. The minimum absolute atomic E-state index is 0.148. The first-order valence-electron chi connectivity index (χ1n) is 14.4. The third-order valence-corrected chi connectivity index (χ3v) is 7.93. The highest BCUT2D eigenvalue weighted by atomic mass is 19.1. The van der Waals surface area contributed by atoms with Gasteiger partial charge in [-0.05, 0) is 71.5 Å². The van der Waals surface area contributed by atoms with Gasteiger partial charge in [0.1, 0.15) is 5.82 Å². The van der Waals surface area contributed by atoms with Crippen molar-refractivity contribution >= 4 is 29.1 Å². The van der Waals surface area contributed by atoms with Gasteiger partial charge in [-0.2, -0.15) is 0 Å². The van der Waals surface area contributed by atoms with Gasteiger partial charge in [-0.3, -0.25) is 9.89 Å². The van der Waals surface area contributed by atoms with Crippen molar-refractivity contribution in [3.8, 4) is 0 Å². The van der Waals surface area contributed by atoms with Crippen molar-refractivity contribution < 1.29 is 4.39 Å². The molecule has 9 nitrogen and oxygen atoms in total.